The summed E-state index contributed by atoms with van der Waals surface area (Å²) in [5.74, 6) is 0.852. The Bertz CT molecular complexity index is 728. The number of nitrogens with one attached hydrogen (secondary N) is 1. The number of aromatic nitrogens is 3. The second-order valence-corrected chi connectivity index (χ2v) is 5.58. The second-order valence-electron chi connectivity index (χ2n) is 5.58. The Morgan fingerprint density at radius 1 is 1.30 bits per heavy atom. The lowest BCUT2D eigenvalue weighted by atomic mass is 9.97. The first-order valence-corrected chi connectivity index (χ1v) is 7.86. The number of hydrogen-bond acceptors (Lipinski definition) is 3. The van der Waals surface area contributed by atoms with Crippen LogP contribution in [-0.4, -0.2) is 20.7 Å². The third-order valence-electron chi connectivity index (χ3n) is 3.84. The molecule has 1 atom stereocenters. The predicted molar refractivity (Wildman–Crippen MR) is 90.8 cm³/mol. The molecule has 3 rings (SSSR count). The van der Waals surface area contributed by atoms with E-state index < -0.39 is 0 Å². The van der Waals surface area contributed by atoms with Crippen LogP contribution < -0.4 is 5.32 Å². The van der Waals surface area contributed by atoms with Gasteiger partial charge >= 0.3 is 0 Å². The average molecular weight is 308 g/mol. The van der Waals surface area contributed by atoms with Crippen molar-refractivity contribution in [2.24, 2.45) is 5.92 Å². The number of rotatable bonds is 5. The molecule has 5 nitrogen and oxygen atoms in total. The molecule has 0 saturated heterocycles. The van der Waals surface area contributed by atoms with E-state index in [1.54, 1.807) is 6.20 Å². The molecular formula is C18H20N4O. The molecular weight excluding hydrogens is 288 g/mol. The van der Waals surface area contributed by atoms with E-state index >= 15 is 0 Å². The molecule has 118 valence electrons. The summed E-state index contributed by atoms with van der Waals surface area (Å²) in [7, 11) is 0. The van der Waals surface area contributed by atoms with Gasteiger partial charge in [-0.1, -0.05) is 24.3 Å². The van der Waals surface area contributed by atoms with Crippen LogP contribution in [0.3, 0.4) is 0 Å². The number of allylic oxidation sites excluding steroid dienone is 4. The molecule has 0 aliphatic heterocycles. The highest BCUT2D eigenvalue weighted by atomic mass is 16.1. The molecule has 23 heavy (non-hydrogen) atoms. The van der Waals surface area contributed by atoms with Crippen LogP contribution in [0.4, 0.5) is 5.82 Å². The molecule has 0 aromatic carbocycles. The fourth-order valence-electron chi connectivity index (χ4n) is 2.54. The van der Waals surface area contributed by atoms with Gasteiger partial charge in [0.25, 0.3) is 0 Å². The van der Waals surface area contributed by atoms with Crippen LogP contribution in [0.25, 0.3) is 11.1 Å². The number of pyridine rings is 1. The van der Waals surface area contributed by atoms with Gasteiger partial charge in [-0.05, 0) is 31.4 Å². The maximum absolute atomic E-state index is 12.1. The van der Waals surface area contributed by atoms with E-state index in [9.17, 15) is 4.79 Å². The van der Waals surface area contributed by atoms with Crippen molar-refractivity contribution in [1.82, 2.24) is 14.8 Å². The molecule has 0 bridgehead atoms. The van der Waals surface area contributed by atoms with E-state index in [1.807, 2.05) is 48.3 Å². The van der Waals surface area contributed by atoms with Crippen molar-refractivity contribution in [3.63, 3.8) is 0 Å². The lowest BCUT2D eigenvalue weighted by molar-refractivity contribution is -0.116. The predicted octanol–water partition coefficient (Wildman–Crippen LogP) is 3.43. The minimum Gasteiger partial charge on any atom is -0.311 e. The maximum atomic E-state index is 12.1. The number of carbonyl (C=O) groups excluding carboxylic acids is 1. The van der Waals surface area contributed by atoms with Gasteiger partial charge in [-0.25, -0.2) is 4.98 Å². The Kier molecular flexibility index (Phi) is 4.66. The lowest BCUT2D eigenvalue weighted by Gasteiger charge is -2.12. The number of aryl methyl sites for hydroxylation is 1. The molecule has 1 N–H and O–H groups in total. The van der Waals surface area contributed by atoms with Crippen molar-refractivity contribution >= 4 is 11.7 Å². The van der Waals surface area contributed by atoms with Gasteiger partial charge in [0.15, 0.2) is 0 Å². The van der Waals surface area contributed by atoms with Crippen molar-refractivity contribution in [1.29, 1.82) is 0 Å². The second kappa shape index (κ2) is 7.05. The Morgan fingerprint density at radius 3 is 2.87 bits per heavy atom. The zero-order valence-corrected chi connectivity index (χ0v) is 13.1. The van der Waals surface area contributed by atoms with Gasteiger partial charge in [-0.2, -0.15) is 5.10 Å². The number of hydrogen-bond donors (Lipinski definition) is 1. The van der Waals surface area contributed by atoms with Crippen molar-refractivity contribution in [3.05, 3.63) is 55.0 Å². The van der Waals surface area contributed by atoms with Crippen molar-refractivity contribution < 1.29 is 4.79 Å². The summed E-state index contributed by atoms with van der Waals surface area (Å²) in [6, 6.07) is 3.77. The average Bonchev–Trinajstić information content (AvgIpc) is 3.05. The van der Waals surface area contributed by atoms with E-state index in [0.717, 1.165) is 24.1 Å². The number of anilines is 1. The summed E-state index contributed by atoms with van der Waals surface area (Å²) in [4.78, 5) is 16.4. The minimum atomic E-state index is -0.00555. The van der Waals surface area contributed by atoms with E-state index in [0.29, 0.717) is 12.2 Å². The molecule has 5 heteroatoms. The van der Waals surface area contributed by atoms with Gasteiger partial charge in [0.2, 0.25) is 5.91 Å². The minimum absolute atomic E-state index is 0.00555. The zero-order chi connectivity index (χ0) is 16.1. The summed E-state index contributed by atoms with van der Waals surface area (Å²) in [5.41, 5.74) is 2.01. The van der Waals surface area contributed by atoms with Crippen molar-refractivity contribution in [3.8, 4) is 11.1 Å². The lowest BCUT2D eigenvalue weighted by Crippen LogP contribution is -2.16. The molecule has 2 aromatic rings. The van der Waals surface area contributed by atoms with Crippen molar-refractivity contribution in [2.45, 2.75) is 26.3 Å². The van der Waals surface area contributed by atoms with Crippen LogP contribution in [0.15, 0.2) is 55.0 Å². The molecule has 0 fully saturated rings. The van der Waals surface area contributed by atoms with Crippen LogP contribution in [0.5, 0.6) is 0 Å². The topological polar surface area (TPSA) is 59.8 Å². The maximum Gasteiger partial charge on any atom is 0.226 e. The van der Waals surface area contributed by atoms with E-state index in [2.05, 4.69) is 27.6 Å². The van der Waals surface area contributed by atoms with Crippen molar-refractivity contribution in [2.75, 3.05) is 5.32 Å². The molecule has 1 amide bonds. The van der Waals surface area contributed by atoms with Gasteiger partial charge in [-0.15, -0.1) is 0 Å². The fourth-order valence-corrected chi connectivity index (χ4v) is 2.54. The summed E-state index contributed by atoms with van der Waals surface area (Å²) >= 11 is 0. The molecule has 0 radical (unpaired) electrons. The molecule has 1 aliphatic carbocycles. The first-order valence-electron chi connectivity index (χ1n) is 7.86. The fraction of sp³-hybridized carbons (Fsp3) is 0.278. The molecule has 1 unspecified atom stereocenters. The van der Waals surface area contributed by atoms with Gasteiger partial charge in [0.05, 0.1) is 6.20 Å². The SMILES string of the molecule is CCn1cc(-c2ccc(NC(=O)CC3C=CC=CC3)nc2)cn1. The van der Waals surface area contributed by atoms with Crippen LogP contribution in [0.2, 0.25) is 0 Å². The summed E-state index contributed by atoms with van der Waals surface area (Å²) in [6.07, 6.45) is 15.1. The number of carbonyl (C=O) groups is 1. The van der Waals surface area contributed by atoms with E-state index in [1.165, 1.54) is 0 Å². The Morgan fingerprint density at radius 2 is 2.22 bits per heavy atom. The van der Waals surface area contributed by atoms with E-state index in [-0.39, 0.29) is 11.8 Å². The quantitative estimate of drug-likeness (QED) is 0.920. The molecule has 0 spiro atoms. The van der Waals surface area contributed by atoms with Crippen LogP contribution in [-0.2, 0) is 11.3 Å². The normalized spacial score (nSPS) is 16.5. The Hall–Kier alpha value is -2.69. The van der Waals surface area contributed by atoms with Crippen LogP contribution in [0.1, 0.15) is 19.8 Å². The van der Waals surface area contributed by atoms with E-state index in [4.69, 9.17) is 0 Å². The standard InChI is InChI=1S/C18H20N4O/c1-2-22-13-16(12-20-22)15-8-9-17(19-11-15)21-18(23)10-14-6-4-3-5-7-14/h3-6,8-9,11-14H,2,7,10H2,1H3,(H,19,21,23). The highest BCUT2D eigenvalue weighted by Crippen LogP contribution is 2.20. The highest BCUT2D eigenvalue weighted by Gasteiger charge is 2.12. The first kappa shape index (κ1) is 15.2. The van der Waals surface area contributed by atoms with Crippen LogP contribution in [0, 0.1) is 5.92 Å². The third-order valence-corrected chi connectivity index (χ3v) is 3.84. The van der Waals surface area contributed by atoms with Gasteiger partial charge in [0.1, 0.15) is 5.82 Å². The van der Waals surface area contributed by atoms with Gasteiger partial charge < -0.3 is 5.32 Å². The third kappa shape index (κ3) is 3.94. The Labute approximate surface area is 135 Å². The molecule has 1 aliphatic rings. The summed E-state index contributed by atoms with van der Waals surface area (Å²) in [5, 5.41) is 7.11. The summed E-state index contributed by atoms with van der Waals surface area (Å²) < 4.78 is 1.87. The molecule has 2 heterocycles. The Balaban J connectivity index is 1.59. The number of nitrogens with zero attached hydrogens (tertiary/aromatic N) is 3. The number of amides is 1. The molecule has 2 aromatic heterocycles. The first-order chi connectivity index (χ1) is 11.2. The van der Waals surface area contributed by atoms with Gasteiger partial charge in [0, 0.05) is 36.5 Å². The molecule has 0 saturated carbocycles. The zero-order valence-electron chi connectivity index (χ0n) is 13.1. The van der Waals surface area contributed by atoms with Crippen LogP contribution >= 0.6 is 0 Å². The van der Waals surface area contributed by atoms with Gasteiger partial charge in [-0.3, -0.25) is 9.48 Å². The smallest absolute Gasteiger partial charge is 0.226 e. The highest BCUT2D eigenvalue weighted by molar-refractivity contribution is 5.90. The monoisotopic (exact) mass is 308 g/mol. The largest absolute Gasteiger partial charge is 0.311 e. The summed E-state index contributed by atoms with van der Waals surface area (Å²) in [6.45, 7) is 2.89.